The summed E-state index contributed by atoms with van der Waals surface area (Å²) in [5.74, 6) is -0.222. The van der Waals surface area contributed by atoms with Gasteiger partial charge < -0.3 is 0 Å². The molecule has 1 fully saturated rings. The standard InChI is InChI=1S/C16H15Cl2N5O/c17-11-1-2-12(13(18)7-11)14-8-15(22-21-14)16(24)23-20-9-10-3-5-19-6-4-10/h1-7,9,14-15,21-22H,8H2,(H,23,24)/b20-9+. The Balaban J connectivity index is 1.57. The highest BCUT2D eigenvalue weighted by Crippen LogP contribution is 2.30. The lowest BCUT2D eigenvalue weighted by Crippen LogP contribution is -2.41. The Morgan fingerprint density at radius 1 is 1.25 bits per heavy atom. The summed E-state index contributed by atoms with van der Waals surface area (Å²) in [5, 5.41) is 5.10. The van der Waals surface area contributed by atoms with E-state index in [-0.39, 0.29) is 11.9 Å². The third kappa shape index (κ3) is 4.10. The number of nitrogens with one attached hydrogen (secondary N) is 3. The van der Waals surface area contributed by atoms with E-state index in [1.165, 1.54) is 0 Å². The summed E-state index contributed by atoms with van der Waals surface area (Å²) in [5.41, 5.74) is 10.3. The van der Waals surface area contributed by atoms with Crippen molar-refractivity contribution < 1.29 is 4.79 Å². The zero-order valence-electron chi connectivity index (χ0n) is 12.5. The van der Waals surface area contributed by atoms with Crippen molar-refractivity contribution in [3.63, 3.8) is 0 Å². The number of hydrazone groups is 1. The van der Waals surface area contributed by atoms with E-state index >= 15 is 0 Å². The Labute approximate surface area is 149 Å². The minimum Gasteiger partial charge on any atom is -0.271 e. The first-order valence-electron chi connectivity index (χ1n) is 7.32. The molecule has 1 aliphatic heterocycles. The summed E-state index contributed by atoms with van der Waals surface area (Å²) in [4.78, 5) is 16.1. The fraction of sp³-hybridized carbons (Fsp3) is 0.188. The average molecular weight is 364 g/mol. The Bertz CT molecular complexity index is 753. The molecule has 1 amide bonds. The van der Waals surface area contributed by atoms with Crippen LogP contribution in [-0.4, -0.2) is 23.1 Å². The maximum absolute atomic E-state index is 12.2. The molecule has 8 heteroatoms. The van der Waals surface area contributed by atoms with Crippen LogP contribution in [0, 0.1) is 0 Å². The molecule has 0 aliphatic carbocycles. The van der Waals surface area contributed by atoms with Crippen molar-refractivity contribution in [3.05, 3.63) is 63.9 Å². The third-order valence-electron chi connectivity index (χ3n) is 3.65. The Kier molecular flexibility index (Phi) is 5.42. The summed E-state index contributed by atoms with van der Waals surface area (Å²) >= 11 is 12.1. The SMILES string of the molecule is O=C(N/N=C/c1ccncc1)C1CC(c2ccc(Cl)cc2Cl)NN1. The van der Waals surface area contributed by atoms with Gasteiger partial charge in [0.1, 0.15) is 6.04 Å². The van der Waals surface area contributed by atoms with Crippen LogP contribution in [0.25, 0.3) is 0 Å². The van der Waals surface area contributed by atoms with Crippen molar-refractivity contribution in [1.29, 1.82) is 0 Å². The minimum absolute atomic E-state index is 0.0744. The lowest BCUT2D eigenvalue weighted by atomic mass is 10.0. The van der Waals surface area contributed by atoms with Crippen molar-refractivity contribution >= 4 is 35.3 Å². The van der Waals surface area contributed by atoms with E-state index in [1.807, 2.05) is 6.07 Å². The molecule has 24 heavy (non-hydrogen) atoms. The predicted molar refractivity (Wildman–Crippen MR) is 93.9 cm³/mol. The number of hydrogen-bond donors (Lipinski definition) is 3. The quantitative estimate of drug-likeness (QED) is 0.575. The molecule has 3 rings (SSSR count). The van der Waals surface area contributed by atoms with E-state index < -0.39 is 6.04 Å². The fourth-order valence-electron chi connectivity index (χ4n) is 2.41. The highest BCUT2D eigenvalue weighted by atomic mass is 35.5. The van der Waals surface area contributed by atoms with Crippen LogP contribution in [0.1, 0.15) is 23.6 Å². The average Bonchev–Trinajstić information content (AvgIpc) is 3.05. The van der Waals surface area contributed by atoms with Gasteiger partial charge in [0.2, 0.25) is 0 Å². The van der Waals surface area contributed by atoms with Gasteiger partial charge in [-0.3, -0.25) is 9.78 Å². The van der Waals surface area contributed by atoms with Gasteiger partial charge in [-0.2, -0.15) is 5.10 Å². The highest BCUT2D eigenvalue weighted by Gasteiger charge is 2.31. The second-order valence-corrected chi connectivity index (χ2v) is 6.15. The molecule has 1 aromatic heterocycles. The van der Waals surface area contributed by atoms with Crippen molar-refractivity contribution in [1.82, 2.24) is 21.3 Å². The van der Waals surface area contributed by atoms with Gasteiger partial charge in [0.05, 0.1) is 6.21 Å². The summed E-state index contributed by atoms with van der Waals surface area (Å²) in [7, 11) is 0. The smallest absolute Gasteiger partial charge is 0.258 e. The molecular weight excluding hydrogens is 349 g/mol. The first kappa shape index (κ1) is 16.9. The zero-order valence-corrected chi connectivity index (χ0v) is 14.1. The molecular formula is C16H15Cl2N5O. The lowest BCUT2D eigenvalue weighted by molar-refractivity contribution is -0.122. The summed E-state index contributed by atoms with van der Waals surface area (Å²) in [6.07, 6.45) is 5.44. The molecule has 1 aromatic carbocycles. The first-order chi connectivity index (χ1) is 11.6. The van der Waals surface area contributed by atoms with Gasteiger partial charge in [-0.15, -0.1) is 0 Å². The van der Waals surface area contributed by atoms with Crippen LogP contribution in [-0.2, 0) is 4.79 Å². The number of hydrazine groups is 1. The molecule has 2 unspecified atom stereocenters. The van der Waals surface area contributed by atoms with E-state index in [0.29, 0.717) is 16.5 Å². The number of rotatable bonds is 4. The van der Waals surface area contributed by atoms with Crippen LogP contribution >= 0.6 is 23.2 Å². The molecule has 0 radical (unpaired) electrons. The largest absolute Gasteiger partial charge is 0.271 e. The summed E-state index contributed by atoms with van der Waals surface area (Å²) < 4.78 is 0. The number of carbonyl (C=O) groups is 1. The first-order valence-corrected chi connectivity index (χ1v) is 8.08. The maximum Gasteiger partial charge on any atom is 0.258 e. The van der Waals surface area contributed by atoms with E-state index in [2.05, 4.69) is 26.4 Å². The molecule has 6 nitrogen and oxygen atoms in total. The molecule has 2 atom stereocenters. The van der Waals surface area contributed by atoms with Crippen molar-refractivity contribution in [3.8, 4) is 0 Å². The van der Waals surface area contributed by atoms with Gasteiger partial charge in [0, 0.05) is 28.5 Å². The normalized spacial score (nSPS) is 20.4. The van der Waals surface area contributed by atoms with Crippen molar-refractivity contribution in [2.24, 2.45) is 5.10 Å². The highest BCUT2D eigenvalue weighted by molar-refractivity contribution is 6.35. The number of nitrogens with zero attached hydrogens (tertiary/aromatic N) is 2. The van der Waals surface area contributed by atoms with Gasteiger partial charge in [0.15, 0.2) is 0 Å². The number of aromatic nitrogens is 1. The Hall–Kier alpha value is -1.99. The van der Waals surface area contributed by atoms with Gasteiger partial charge in [0.25, 0.3) is 5.91 Å². The van der Waals surface area contributed by atoms with E-state index in [9.17, 15) is 4.79 Å². The van der Waals surface area contributed by atoms with Crippen LogP contribution < -0.4 is 16.3 Å². The molecule has 2 aromatic rings. The summed E-state index contributed by atoms with van der Waals surface area (Å²) in [6, 6.07) is 8.42. The van der Waals surface area contributed by atoms with Crippen LogP contribution in [0.4, 0.5) is 0 Å². The maximum atomic E-state index is 12.2. The number of carbonyl (C=O) groups excluding carboxylic acids is 1. The molecule has 124 valence electrons. The minimum atomic E-state index is -0.406. The molecule has 0 bridgehead atoms. The Morgan fingerprint density at radius 2 is 2.04 bits per heavy atom. The number of halogens is 2. The van der Waals surface area contributed by atoms with E-state index in [1.54, 1.807) is 42.9 Å². The predicted octanol–water partition coefficient (Wildman–Crippen LogP) is 2.45. The van der Waals surface area contributed by atoms with Gasteiger partial charge >= 0.3 is 0 Å². The molecule has 1 aliphatic rings. The Morgan fingerprint density at radius 3 is 2.79 bits per heavy atom. The lowest BCUT2D eigenvalue weighted by Gasteiger charge is -2.11. The number of amides is 1. The fourth-order valence-corrected chi connectivity index (χ4v) is 2.95. The van der Waals surface area contributed by atoms with Crippen LogP contribution in [0.15, 0.2) is 47.8 Å². The molecule has 1 saturated heterocycles. The topological polar surface area (TPSA) is 78.4 Å². The molecule has 2 heterocycles. The summed E-state index contributed by atoms with van der Waals surface area (Å²) in [6.45, 7) is 0. The van der Waals surface area contributed by atoms with Gasteiger partial charge in [-0.05, 0) is 41.8 Å². The second-order valence-electron chi connectivity index (χ2n) is 5.31. The second kappa shape index (κ2) is 7.72. The van der Waals surface area contributed by atoms with Gasteiger partial charge in [-0.25, -0.2) is 16.3 Å². The zero-order chi connectivity index (χ0) is 16.9. The monoisotopic (exact) mass is 363 g/mol. The molecule has 0 spiro atoms. The van der Waals surface area contributed by atoms with E-state index in [4.69, 9.17) is 23.2 Å². The number of hydrogen-bond acceptors (Lipinski definition) is 5. The van der Waals surface area contributed by atoms with Gasteiger partial charge in [-0.1, -0.05) is 29.3 Å². The number of benzene rings is 1. The number of pyridine rings is 1. The van der Waals surface area contributed by atoms with Crippen LogP contribution in [0.3, 0.4) is 0 Å². The van der Waals surface area contributed by atoms with Crippen LogP contribution in [0.2, 0.25) is 10.0 Å². The van der Waals surface area contributed by atoms with Crippen molar-refractivity contribution in [2.45, 2.75) is 18.5 Å². The molecule has 0 saturated carbocycles. The third-order valence-corrected chi connectivity index (χ3v) is 4.21. The van der Waals surface area contributed by atoms with E-state index in [0.717, 1.165) is 11.1 Å². The van der Waals surface area contributed by atoms with Crippen molar-refractivity contribution in [2.75, 3.05) is 0 Å². The molecule has 3 N–H and O–H groups in total. The van der Waals surface area contributed by atoms with Crippen LogP contribution in [0.5, 0.6) is 0 Å².